The molecule has 0 radical (unpaired) electrons. The maximum atomic E-state index is 13.6. The number of hydrogen-bond donors (Lipinski definition) is 2. The van der Waals surface area contributed by atoms with Gasteiger partial charge in [-0.25, -0.2) is 9.59 Å². The van der Waals surface area contributed by atoms with Crippen molar-refractivity contribution in [2.24, 2.45) is 0 Å². The number of rotatable bonds is 5. The molecule has 0 aliphatic rings. The van der Waals surface area contributed by atoms with Gasteiger partial charge in [0.05, 0.1) is 13.7 Å². The number of aromatic nitrogens is 1. The summed E-state index contributed by atoms with van der Waals surface area (Å²) in [5.74, 6) is -0.613. The van der Waals surface area contributed by atoms with Crippen molar-refractivity contribution < 1.29 is 14.3 Å². The molecule has 0 fully saturated rings. The van der Waals surface area contributed by atoms with Crippen molar-refractivity contribution in [1.82, 2.24) is 9.88 Å². The van der Waals surface area contributed by atoms with Gasteiger partial charge in [-0.15, -0.1) is 0 Å². The quantitative estimate of drug-likeness (QED) is 0.362. The number of esters is 1. The molecule has 0 aliphatic heterocycles. The number of benzene rings is 3. The lowest BCUT2D eigenvalue weighted by Gasteiger charge is -2.19. The first-order chi connectivity index (χ1) is 16.4. The first-order valence-corrected chi connectivity index (χ1v) is 11.3. The number of ether oxygens (including phenoxy) is 1. The van der Waals surface area contributed by atoms with E-state index in [1.807, 2.05) is 42.5 Å². The molecule has 2 amide bonds. The first-order valence-electron chi connectivity index (χ1n) is 10.5. The van der Waals surface area contributed by atoms with Crippen LogP contribution in [0.1, 0.15) is 16.1 Å². The van der Waals surface area contributed by atoms with Crippen LogP contribution >= 0.6 is 15.9 Å². The zero-order chi connectivity index (χ0) is 24.2. The van der Waals surface area contributed by atoms with E-state index in [1.165, 1.54) is 18.7 Å². The first kappa shape index (κ1) is 23.3. The number of carbonyl (C=O) groups is 2. The average molecular weight is 520 g/mol. The molecule has 0 saturated heterocycles. The summed E-state index contributed by atoms with van der Waals surface area (Å²) < 4.78 is 7.35. The van der Waals surface area contributed by atoms with Gasteiger partial charge in [0.2, 0.25) is 0 Å². The van der Waals surface area contributed by atoms with Crippen LogP contribution in [-0.4, -0.2) is 30.7 Å². The Morgan fingerprint density at radius 1 is 0.971 bits per heavy atom. The van der Waals surface area contributed by atoms with Crippen LogP contribution in [0.4, 0.5) is 10.5 Å². The topological polar surface area (TPSA) is 89.4 Å². The van der Waals surface area contributed by atoms with Gasteiger partial charge in [0, 0.05) is 28.2 Å². The average Bonchev–Trinajstić information content (AvgIpc) is 2.85. The maximum absolute atomic E-state index is 13.6. The van der Waals surface area contributed by atoms with E-state index in [4.69, 9.17) is 4.74 Å². The Bertz CT molecular complexity index is 1450. The lowest BCUT2D eigenvalue weighted by Crippen LogP contribution is -2.29. The lowest BCUT2D eigenvalue weighted by atomic mass is 9.96. The second-order valence-electron chi connectivity index (χ2n) is 7.57. The largest absolute Gasteiger partial charge is 0.464 e. The predicted molar refractivity (Wildman–Crippen MR) is 136 cm³/mol. The summed E-state index contributed by atoms with van der Waals surface area (Å²) >= 11 is 3.48. The maximum Gasteiger partial charge on any atom is 0.355 e. The molecule has 0 saturated carbocycles. The van der Waals surface area contributed by atoms with Crippen molar-refractivity contribution in [1.29, 1.82) is 0 Å². The number of hydrogen-bond acceptors (Lipinski definition) is 4. The van der Waals surface area contributed by atoms with E-state index in [9.17, 15) is 14.4 Å². The van der Waals surface area contributed by atoms with Gasteiger partial charge in [0.1, 0.15) is 5.69 Å². The van der Waals surface area contributed by atoms with Crippen LogP contribution in [0, 0.1) is 0 Å². The van der Waals surface area contributed by atoms with Gasteiger partial charge in [-0.1, -0.05) is 58.4 Å². The molecule has 34 heavy (non-hydrogen) atoms. The number of halogens is 1. The molecule has 2 N–H and O–H groups in total. The summed E-state index contributed by atoms with van der Waals surface area (Å²) in [5, 5.41) is 6.35. The fraction of sp³-hybridized carbons (Fsp3) is 0.115. The molecular weight excluding hydrogens is 498 g/mol. The molecule has 1 heterocycles. The Labute approximate surface area is 204 Å². The molecule has 0 aliphatic carbocycles. The molecule has 8 heteroatoms. The Kier molecular flexibility index (Phi) is 6.79. The van der Waals surface area contributed by atoms with E-state index in [0.717, 1.165) is 15.6 Å². The lowest BCUT2D eigenvalue weighted by molar-refractivity contribution is 0.0588. The molecule has 0 atom stereocenters. The summed E-state index contributed by atoms with van der Waals surface area (Å²) in [7, 11) is 2.82. The Balaban J connectivity index is 1.99. The minimum atomic E-state index is -0.613. The minimum Gasteiger partial charge on any atom is -0.464 e. The highest BCUT2D eigenvalue weighted by Crippen LogP contribution is 2.33. The van der Waals surface area contributed by atoms with Gasteiger partial charge < -0.3 is 15.4 Å². The molecule has 3 aromatic carbocycles. The molecule has 0 unspecified atom stereocenters. The molecule has 1 aromatic heterocycles. The highest BCUT2D eigenvalue weighted by atomic mass is 79.9. The minimum absolute atomic E-state index is 0.109. The third-order valence-electron chi connectivity index (χ3n) is 5.43. The molecule has 0 spiro atoms. The second kappa shape index (κ2) is 9.93. The second-order valence-corrected chi connectivity index (χ2v) is 8.48. The number of carbonyl (C=O) groups excluding carboxylic acids is 2. The van der Waals surface area contributed by atoms with Crippen LogP contribution in [0.5, 0.6) is 0 Å². The smallest absolute Gasteiger partial charge is 0.355 e. The van der Waals surface area contributed by atoms with Gasteiger partial charge in [0.15, 0.2) is 0 Å². The van der Waals surface area contributed by atoms with Crippen LogP contribution in [-0.2, 0) is 11.3 Å². The summed E-state index contributed by atoms with van der Waals surface area (Å²) in [6.07, 6.45) is 0. The van der Waals surface area contributed by atoms with E-state index in [0.29, 0.717) is 22.0 Å². The molecule has 0 bridgehead atoms. The highest BCUT2D eigenvalue weighted by molar-refractivity contribution is 9.10. The Morgan fingerprint density at radius 3 is 2.44 bits per heavy atom. The van der Waals surface area contributed by atoms with Gasteiger partial charge in [-0.2, -0.15) is 0 Å². The van der Waals surface area contributed by atoms with Crippen LogP contribution in [0.15, 0.2) is 82.1 Å². The van der Waals surface area contributed by atoms with Crippen LogP contribution in [0.25, 0.3) is 21.9 Å². The van der Waals surface area contributed by atoms with Gasteiger partial charge in [-0.05, 0) is 46.8 Å². The summed E-state index contributed by atoms with van der Waals surface area (Å²) in [5.41, 5.74) is 2.55. The molecular formula is C26H22BrN3O4. The number of fused-ring (bicyclic) bond motifs is 1. The van der Waals surface area contributed by atoms with Gasteiger partial charge in [0.25, 0.3) is 5.56 Å². The van der Waals surface area contributed by atoms with E-state index in [2.05, 4.69) is 26.6 Å². The van der Waals surface area contributed by atoms with Crippen molar-refractivity contribution in [3.05, 3.63) is 98.9 Å². The number of urea groups is 1. The van der Waals surface area contributed by atoms with Crippen molar-refractivity contribution >= 4 is 44.4 Å². The number of methoxy groups -OCH3 is 1. The fourth-order valence-electron chi connectivity index (χ4n) is 3.90. The highest BCUT2D eigenvalue weighted by Gasteiger charge is 2.24. The van der Waals surface area contributed by atoms with Crippen molar-refractivity contribution in [3.8, 4) is 11.1 Å². The number of pyridine rings is 1. The van der Waals surface area contributed by atoms with E-state index < -0.39 is 5.97 Å². The predicted octanol–water partition coefficient (Wildman–Crippen LogP) is 5.02. The Hall–Kier alpha value is -3.91. The summed E-state index contributed by atoms with van der Waals surface area (Å²) in [4.78, 5) is 38.5. The van der Waals surface area contributed by atoms with Gasteiger partial charge in [-0.3, -0.25) is 9.36 Å². The number of nitrogens with one attached hydrogen (secondary N) is 2. The molecule has 4 rings (SSSR count). The van der Waals surface area contributed by atoms with Crippen molar-refractivity contribution in [2.75, 3.05) is 19.5 Å². The fourth-order valence-corrected chi connectivity index (χ4v) is 4.26. The zero-order valence-corrected chi connectivity index (χ0v) is 20.2. The number of anilines is 1. The third-order valence-corrected chi connectivity index (χ3v) is 5.92. The van der Waals surface area contributed by atoms with Gasteiger partial charge >= 0.3 is 12.0 Å². The SMILES string of the molecule is CNC(=O)Nc1cccc(Cn2c(C(=O)OC)c(-c3ccccc3)c3cc(Br)ccc3c2=O)c1. The Morgan fingerprint density at radius 2 is 1.74 bits per heavy atom. The summed E-state index contributed by atoms with van der Waals surface area (Å²) in [6.45, 7) is 0.109. The summed E-state index contributed by atoms with van der Waals surface area (Å²) in [6, 6.07) is 21.6. The molecule has 4 aromatic rings. The van der Waals surface area contributed by atoms with E-state index in [-0.39, 0.29) is 23.8 Å². The number of amides is 2. The van der Waals surface area contributed by atoms with Crippen LogP contribution in [0.2, 0.25) is 0 Å². The molecule has 7 nitrogen and oxygen atoms in total. The van der Waals surface area contributed by atoms with E-state index >= 15 is 0 Å². The number of nitrogens with zero attached hydrogens (tertiary/aromatic N) is 1. The standard InChI is InChI=1S/C26H22BrN3O4/c1-28-26(33)29-19-10-6-7-16(13-19)15-30-23(25(32)34-2)22(17-8-4-3-5-9-17)21-14-18(27)11-12-20(21)24(30)31/h3-14H,15H2,1-2H3,(H2,28,29,33). The van der Waals surface area contributed by atoms with Crippen molar-refractivity contribution in [2.45, 2.75) is 6.54 Å². The van der Waals surface area contributed by atoms with Crippen LogP contribution in [0.3, 0.4) is 0 Å². The van der Waals surface area contributed by atoms with Crippen LogP contribution < -0.4 is 16.2 Å². The van der Waals surface area contributed by atoms with E-state index in [1.54, 1.807) is 30.3 Å². The molecule has 172 valence electrons. The monoisotopic (exact) mass is 519 g/mol. The third kappa shape index (κ3) is 4.58. The van der Waals surface area contributed by atoms with Crippen molar-refractivity contribution in [3.63, 3.8) is 0 Å². The normalized spacial score (nSPS) is 10.7. The zero-order valence-electron chi connectivity index (χ0n) is 18.6.